The SMILES string of the molecule is O=C(O)c1nnn(CCN2CCCC2)c1COc1ccccc1. The van der Waals surface area contributed by atoms with E-state index >= 15 is 0 Å². The highest BCUT2D eigenvalue weighted by Crippen LogP contribution is 2.14. The largest absolute Gasteiger partial charge is 0.487 e. The molecule has 1 aromatic carbocycles. The van der Waals surface area contributed by atoms with Crippen molar-refractivity contribution in [2.24, 2.45) is 0 Å². The van der Waals surface area contributed by atoms with E-state index in [0.717, 1.165) is 19.6 Å². The third-order valence-corrected chi connectivity index (χ3v) is 3.99. The number of likely N-dealkylation sites (tertiary alicyclic amines) is 1. The zero-order chi connectivity index (χ0) is 16.1. The molecule has 1 aliphatic heterocycles. The van der Waals surface area contributed by atoms with Crippen LogP contribution in [0.3, 0.4) is 0 Å². The average Bonchev–Trinajstić information content (AvgIpc) is 3.21. The van der Waals surface area contributed by atoms with Gasteiger partial charge in [-0.25, -0.2) is 9.48 Å². The van der Waals surface area contributed by atoms with E-state index in [1.807, 2.05) is 30.3 Å². The van der Waals surface area contributed by atoms with Crippen LogP contribution in [0.2, 0.25) is 0 Å². The van der Waals surface area contributed by atoms with E-state index in [9.17, 15) is 9.90 Å². The Morgan fingerprint density at radius 3 is 2.61 bits per heavy atom. The summed E-state index contributed by atoms with van der Waals surface area (Å²) in [5, 5.41) is 17.1. The number of hydrogen-bond donors (Lipinski definition) is 1. The Balaban J connectivity index is 1.69. The molecule has 1 aromatic heterocycles. The van der Waals surface area contributed by atoms with Crippen LogP contribution in [0.5, 0.6) is 5.75 Å². The zero-order valence-corrected chi connectivity index (χ0v) is 12.9. The first-order valence-corrected chi connectivity index (χ1v) is 7.80. The minimum absolute atomic E-state index is 0.0395. The van der Waals surface area contributed by atoms with E-state index in [1.165, 1.54) is 12.8 Å². The van der Waals surface area contributed by atoms with Crippen LogP contribution in [0.15, 0.2) is 30.3 Å². The van der Waals surface area contributed by atoms with Gasteiger partial charge in [0.2, 0.25) is 0 Å². The summed E-state index contributed by atoms with van der Waals surface area (Å²) < 4.78 is 7.32. The Kier molecular flexibility index (Phi) is 4.87. The predicted octanol–water partition coefficient (Wildman–Crippen LogP) is 1.65. The highest BCUT2D eigenvalue weighted by molar-refractivity contribution is 5.86. The van der Waals surface area contributed by atoms with Crippen molar-refractivity contribution in [3.05, 3.63) is 41.7 Å². The Morgan fingerprint density at radius 2 is 1.91 bits per heavy atom. The molecule has 0 bridgehead atoms. The van der Waals surface area contributed by atoms with Crippen LogP contribution in [-0.2, 0) is 13.2 Å². The third kappa shape index (κ3) is 3.87. The van der Waals surface area contributed by atoms with Gasteiger partial charge in [0.05, 0.1) is 6.54 Å². The molecule has 0 unspecified atom stereocenters. The molecular weight excluding hydrogens is 296 g/mol. The maximum atomic E-state index is 11.3. The fourth-order valence-corrected chi connectivity index (χ4v) is 2.73. The maximum absolute atomic E-state index is 11.3. The number of benzene rings is 1. The lowest BCUT2D eigenvalue weighted by Crippen LogP contribution is -2.25. The van der Waals surface area contributed by atoms with E-state index in [-0.39, 0.29) is 12.3 Å². The number of nitrogens with zero attached hydrogens (tertiary/aromatic N) is 4. The van der Waals surface area contributed by atoms with E-state index < -0.39 is 5.97 Å². The normalized spacial score (nSPS) is 15.0. The molecule has 1 N–H and O–H groups in total. The molecular formula is C16H20N4O3. The Morgan fingerprint density at radius 1 is 1.17 bits per heavy atom. The van der Waals surface area contributed by atoms with Crippen molar-refractivity contribution in [3.8, 4) is 5.75 Å². The number of carboxylic acid groups (broad SMARTS) is 1. The van der Waals surface area contributed by atoms with Crippen molar-refractivity contribution in [2.45, 2.75) is 26.0 Å². The standard InChI is InChI=1S/C16H20N4O3/c21-16(22)15-14(12-23-13-6-2-1-3-7-13)20(18-17-15)11-10-19-8-4-5-9-19/h1-3,6-7H,4-5,8-12H2,(H,21,22). The second kappa shape index (κ2) is 7.23. The lowest BCUT2D eigenvalue weighted by Gasteiger charge is -2.15. The van der Waals surface area contributed by atoms with Gasteiger partial charge in [0.25, 0.3) is 0 Å². The van der Waals surface area contributed by atoms with Gasteiger partial charge in [0.15, 0.2) is 5.69 Å². The molecule has 0 atom stereocenters. The first kappa shape index (κ1) is 15.5. The van der Waals surface area contributed by atoms with Crippen molar-refractivity contribution < 1.29 is 14.6 Å². The van der Waals surface area contributed by atoms with Crippen LogP contribution in [-0.4, -0.2) is 50.6 Å². The van der Waals surface area contributed by atoms with E-state index in [4.69, 9.17) is 4.74 Å². The van der Waals surface area contributed by atoms with Crippen molar-refractivity contribution in [2.75, 3.05) is 19.6 Å². The highest BCUT2D eigenvalue weighted by atomic mass is 16.5. The first-order chi connectivity index (χ1) is 11.2. The van der Waals surface area contributed by atoms with Crippen LogP contribution < -0.4 is 4.74 Å². The lowest BCUT2D eigenvalue weighted by molar-refractivity contribution is 0.0687. The molecule has 0 aliphatic carbocycles. The fraction of sp³-hybridized carbons (Fsp3) is 0.438. The van der Waals surface area contributed by atoms with Gasteiger partial charge in [-0.3, -0.25) is 0 Å². The molecule has 7 nitrogen and oxygen atoms in total. The fourth-order valence-electron chi connectivity index (χ4n) is 2.73. The predicted molar refractivity (Wildman–Crippen MR) is 83.4 cm³/mol. The molecule has 0 spiro atoms. The maximum Gasteiger partial charge on any atom is 0.358 e. The third-order valence-electron chi connectivity index (χ3n) is 3.99. The molecule has 1 aliphatic rings. The van der Waals surface area contributed by atoms with Gasteiger partial charge in [-0.15, -0.1) is 5.10 Å². The highest BCUT2D eigenvalue weighted by Gasteiger charge is 2.20. The van der Waals surface area contributed by atoms with Crippen LogP contribution in [0, 0.1) is 0 Å². The van der Waals surface area contributed by atoms with Crippen molar-refractivity contribution >= 4 is 5.97 Å². The smallest absolute Gasteiger partial charge is 0.358 e. The summed E-state index contributed by atoms with van der Waals surface area (Å²) >= 11 is 0. The lowest BCUT2D eigenvalue weighted by atomic mass is 10.3. The van der Waals surface area contributed by atoms with Gasteiger partial charge in [-0.2, -0.15) is 0 Å². The number of carboxylic acids is 1. The van der Waals surface area contributed by atoms with Gasteiger partial charge >= 0.3 is 5.97 Å². The molecule has 122 valence electrons. The van der Waals surface area contributed by atoms with Crippen LogP contribution in [0.1, 0.15) is 29.0 Å². The van der Waals surface area contributed by atoms with E-state index in [0.29, 0.717) is 18.0 Å². The molecule has 3 rings (SSSR count). The van der Waals surface area contributed by atoms with Crippen LogP contribution in [0.4, 0.5) is 0 Å². The second-order valence-corrected chi connectivity index (χ2v) is 5.56. The van der Waals surface area contributed by atoms with Crippen LogP contribution in [0.25, 0.3) is 0 Å². The van der Waals surface area contributed by atoms with Gasteiger partial charge in [-0.1, -0.05) is 23.4 Å². The van der Waals surface area contributed by atoms with Gasteiger partial charge in [0, 0.05) is 6.54 Å². The topological polar surface area (TPSA) is 80.5 Å². The molecule has 0 radical (unpaired) electrons. The summed E-state index contributed by atoms with van der Waals surface area (Å²) in [6.07, 6.45) is 2.45. The number of hydrogen-bond acceptors (Lipinski definition) is 5. The number of aromatic carboxylic acids is 1. The Hall–Kier alpha value is -2.41. The summed E-state index contributed by atoms with van der Waals surface area (Å²) in [7, 11) is 0. The summed E-state index contributed by atoms with van der Waals surface area (Å²) in [5.74, 6) is -0.389. The van der Waals surface area contributed by atoms with Crippen molar-refractivity contribution in [1.29, 1.82) is 0 Å². The number of carbonyl (C=O) groups is 1. The number of ether oxygens (including phenoxy) is 1. The summed E-state index contributed by atoms with van der Waals surface area (Å²) in [4.78, 5) is 13.7. The molecule has 2 aromatic rings. The Labute approximate surface area is 134 Å². The molecule has 1 saturated heterocycles. The van der Waals surface area contributed by atoms with E-state index in [2.05, 4.69) is 15.2 Å². The van der Waals surface area contributed by atoms with Gasteiger partial charge in [-0.05, 0) is 38.1 Å². The van der Waals surface area contributed by atoms with Crippen LogP contribution >= 0.6 is 0 Å². The minimum atomic E-state index is -1.08. The number of rotatable bonds is 7. The second-order valence-electron chi connectivity index (χ2n) is 5.56. The average molecular weight is 316 g/mol. The first-order valence-electron chi connectivity index (χ1n) is 7.80. The number of para-hydroxylation sites is 1. The summed E-state index contributed by atoms with van der Waals surface area (Å²) in [6, 6.07) is 9.31. The molecule has 23 heavy (non-hydrogen) atoms. The molecule has 1 fully saturated rings. The van der Waals surface area contributed by atoms with Crippen molar-refractivity contribution in [3.63, 3.8) is 0 Å². The molecule has 0 amide bonds. The summed E-state index contributed by atoms with van der Waals surface area (Å²) in [6.45, 7) is 3.79. The van der Waals surface area contributed by atoms with E-state index in [1.54, 1.807) is 4.68 Å². The van der Waals surface area contributed by atoms with Crippen molar-refractivity contribution in [1.82, 2.24) is 19.9 Å². The van der Waals surface area contributed by atoms with Gasteiger partial charge in [0.1, 0.15) is 18.1 Å². The zero-order valence-electron chi connectivity index (χ0n) is 12.9. The number of aromatic nitrogens is 3. The minimum Gasteiger partial charge on any atom is -0.487 e. The molecule has 2 heterocycles. The van der Waals surface area contributed by atoms with Gasteiger partial charge < -0.3 is 14.7 Å². The molecule has 0 saturated carbocycles. The quantitative estimate of drug-likeness (QED) is 0.836. The molecule has 7 heteroatoms. The monoisotopic (exact) mass is 316 g/mol. The summed E-state index contributed by atoms with van der Waals surface area (Å²) in [5.41, 5.74) is 0.461. The Bertz CT molecular complexity index is 651.